The van der Waals surface area contributed by atoms with E-state index in [0.717, 1.165) is 13.0 Å². The number of nitrogens with one attached hydrogen (secondary N) is 1. The van der Waals surface area contributed by atoms with Gasteiger partial charge in [0, 0.05) is 17.0 Å². The number of ether oxygens (including phenoxy) is 1. The molecule has 4 heteroatoms. The zero-order chi connectivity index (χ0) is 13.8. The highest BCUT2D eigenvalue weighted by atomic mass is 79.9. The number of hydrogen-bond donors (Lipinski definition) is 1. The smallest absolute Gasteiger partial charge is 0.0814 e. The molecule has 1 heterocycles. The van der Waals surface area contributed by atoms with E-state index >= 15 is 0 Å². The molecule has 0 bridgehead atoms. The van der Waals surface area contributed by atoms with Crippen LogP contribution in [0.25, 0.3) is 0 Å². The molecule has 0 aliphatic carbocycles. The molecule has 0 spiro atoms. The van der Waals surface area contributed by atoms with E-state index in [1.807, 2.05) is 0 Å². The molecular formula is C14H24BrNOS. The SMILES string of the molecule is CCCNC(c1cscc1Br)C(OC)C(C)(C)C. The van der Waals surface area contributed by atoms with Crippen molar-refractivity contribution in [1.82, 2.24) is 5.32 Å². The summed E-state index contributed by atoms with van der Waals surface area (Å²) in [5, 5.41) is 7.96. The van der Waals surface area contributed by atoms with Crippen molar-refractivity contribution in [1.29, 1.82) is 0 Å². The van der Waals surface area contributed by atoms with E-state index in [1.165, 1.54) is 10.0 Å². The van der Waals surface area contributed by atoms with Gasteiger partial charge in [-0.2, -0.15) is 11.3 Å². The van der Waals surface area contributed by atoms with E-state index < -0.39 is 0 Å². The van der Waals surface area contributed by atoms with Gasteiger partial charge < -0.3 is 10.1 Å². The zero-order valence-corrected chi connectivity index (χ0v) is 14.3. The quantitative estimate of drug-likeness (QED) is 0.820. The van der Waals surface area contributed by atoms with Crippen LogP contribution in [0.3, 0.4) is 0 Å². The predicted octanol–water partition coefficient (Wildman–Crippen LogP) is 4.61. The van der Waals surface area contributed by atoms with Crippen molar-refractivity contribution in [2.24, 2.45) is 5.41 Å². The highest BCUT2D eigenvalue weighted by molar-refractivity contribution is 9.10. The summed E-state index contributed by atoms with van der Waals surface area (Å²) in [7, 11) is 1.80. The highest BCUT2D eigenvalue weighted by Crippen LogP contribution is 2.36. The molecule has 0 aliphatic heterocycles. The van der Waals surface area contributed by atoms with Crippen molar-refractivity contribution in [3.05, 3.63) is 20.8 Å². The Morgan fingerprint density at radius 3 is 2.44 bits per heavy atom. The van der Waals surface area contributed by atoms with Crippen LogP contribution in [0.4, 0.5) is 0 Å². The standard InChI is InChI=1S/C14H24BrNOS/c1-6-7-16-12(10-8-18-9-11(10)15)13(17-5)14(2,3)4/h8-9,12-13,16H,6-7H2,1-5H3. The van der Waals surface area contributed by atoms with Crippen LogP contribution in [0, 0.1) is 5.41 Å². The van der Waals surface area contributed by atoms with Gasteiger partial charge in [0.25, 0.3) is 0 Å². The van der Waals surface area contributed by atoms with E-state index in [0.29, 0.717) is 0 Å². The Morgan fingerprint density at radius 2 is 2.06 bits per heavy atom. The molecular weight excluding hydrogens is 310 g/mol. The lowest BCUT2D eigenvalue weighted by Gasteiger charge is -2.36. The molecule has 1 aromatic heterocycles. The summed E-state index contributed by atoms with van der Waals surface area (Å²) in [5.41, 5.74) is 1.40. The van der Waals surface area contributed by atoms with E-state index in [-0.39, 0.29) is 17.6 Å². The average molecular weight is 334 g/mol. The third kappa shape index (κ3) is 4.05. The molecule has 0 aromatic carbocycles. The highest BCUT2D eigenvalue weighted by Gasteiger charge is 2.34. The van der Waals surface area contributed by atoms with E-state index in [1.54, 1.807) is 18.4 Å². The second kappa shape index (κ2) is 7.04. The van der Waals surface area contributed by atoms with E-state index in [9.17, 15) is 0 Å². The van der Waals surface area contributed by atoms with Crippen molar-refractivity contribution in [2.45, 2.75) is 46.3 Å². The van der Waals surface area contributed by atoms with Gasteiger partial charge in [-0.1, -0.05) is 27.7 Å². The van der Waals surface area contributed by atoms with Crippen LogP contribution in [0.2, 0.25) is 0 Å². The molecule has 1 N–H and O–H groups in total. The minimum Gasteiger partial charge on any atom is -0.379 e. The fourth-order valence-corrected chi connectivity index (χ4v) is 3.76. The van der Waals surface area contributed by atoms with Gasteiger partial charge in [0.05, 0.1) is 12.1 Å². The monoisotopic (exact) mass is 333 g/mol. The molecule has 0 saturated heterocycles. The second-order valence-electron chi connectivity index (χ2n) is 5.63. The van der Waals surface area contributed by atoms with Gasteiger partial charge in [-0.05, 0) is 45.3 Å². The first-order valence-electron chi connectivity index (χ1n) is 6.39. The number of thiophene rings is 1. The van der Waals surface area contributed by atoms with Crippen LogP contribution in [-0.2, 0) is 4.74 Å². The molecule has 104 valence electrons. The Balaban J connectivity index is 3.00. The summed E-state index contributed by atoms with van der Waals surface area (Å²) in [6.07, 6.45) is 1.27. The summed E-state index contributed by atoms with van der Waals surface area (Å²) in [5.74, 6) is 0. The van der Waals surface area contributed by atoms with Crippen LogP contribution >= 0.6 is 27.3 Å². The van der Waals surface area contributed by atoms with Crippen LogP contribution in [-0.4, -0.2) is 19.8 Å². The van der Waals surface area contributed by atoms with Crippen molar-refractivity contribution < 1.29 is 4.74 Å². The lowest BCUT2D eigenvalue weighted by molar-refractivity contribution is -0.0119. The van der Waals surface area contributed by atoms with E-state index in [2.05, 4.69) is 59.7 Å². The third-order valence-electron chi connectivity index (χ3n) is 3.00. The maximum atomic E-state index is 5.77. The van der Waals surface area contributed by atoms with Gasteiger partial charge in [-0.3, -0.25) is 0 Å². The topological polar surface area (TPSA) is 21.3 Å². The van der Waals surface area contributed by atoms with Crippen molar-refractivity contribution in [3.8, 4) is 0 Å². The number of methoxy groups -OCH3 is 1. The average Bonchev–Trinajstić information content (AvgIpc) is 2.68. The normalized spacial score (nSPS) is 15.7. The lowest BCUT2D eigenvalue weighted by Crippen LogP contribution is -2.41. The molecule has 2 atom stereocenters. The third-order valence-corrected chi connectivity index (χ3v) is 4.75. The first-order valence-corrected chi connectivity index (χ1v) is 8.13. The van der Waals surface area contributed by atoms with Crippen LogP contribution in [0.1, 0.15) is 45.7 Å². The summed E-state index contributed by atoms with van der Waals surface area (Å²) < 4.78 is 6.95. The van der Waals surface area contributed by atoms with Crippen molar-refractivity contribution in [2.75, 3.05) is 13.7 Å². The zero-order valence-electron chi connectivity index (χ0n) is 11.9. The minimum atomic E-state index is 0.0987. The fourth-order valence-electron chi connectivity index (χ4n) is 2.18. The lowest BCUT2D eigenvalue weighted by atomic mass is 9.82. The largest absolute Gasteiger partial charge is 0.379 e. The second-order valence-corrected chi connectivity index (χ2v) is 7.23. The Morgan fingerprint density at radius 1 is 1.39 bits per heavy atom. The van der Waals surface area contributed by atoms with Crippen LogP contribution in [0.15, 0.2) is 15.2 Å². The molecule has 2 nitrogen and oxygen atoms in total. The Kier molecular flexibility index (Phi) is 6.31. The van der Waals surface area contributed by atoms with Crippen molar-refractivity contribution in [3.63, 3.8) is 0 Å². The Bertz CT molecular complexity index is 359. The maximum Gasteiger partial charge on any atom is 0.0814 e. The predicted molar refractivity (Wildman–Crippen MR) is 83.3 cm³/mol. The molecule has 18 heavy (non-hydrogen) atoms. The van der Waals surface area contributed by atoms with Gasteiger partial charge in [-0.25, -0.2) is 0 Å². The van der Waals surface area contributed by atoms with Gasteiger partial charge in [0.1, 0.15) is 0 Å². The molecule has 2 unspecified atom stereocenters. The summed E-state index contributed by atoms with van der Waals surface area (Å²) in [4.78, 5) is 0. The van der Waals surface area contributed by atoms with Crippen LogP contribution in [0.5, 0.6) is 0 Å². The number of rotatable bonds is 6. The van der Waals surface area contributed by atoms with Gasteiger partial charge in [0.15, 0.2) is 0 Å². The molecule has 1 aromatic rings. The number of halogens is 1. The minimum absolute atomic E-state index is 0.0987. The molecule has 0 saturated carbocycles. The first-order chi connectivity index (χ1) is 8.41. The summed E-state index contributed by atoms with van der Waals surface area (Å²) in [6.45, 7) is 9.86. The van der Waals surface area contributed by atoms with E-state index in [4.69, 9.17) is 4.74 Å². The fraction of sp³-hybridized carbons (Fsp3) is 0.714. The Hall–Kier alpha value is 0.1000. The summed E-state index contributed by atoms with van der Waals surface area (Å²) in [6, 6.07) is 0.232. The first kappa shape index (κ1) is 16.2. The molecule has 0 amide bonds. The number of hydrogen-bond acceptors (Lipinski definition) is 3. The Labute approximate surface area is 123 Å². The molecule has 0 fully saturated rings. The molecule has 0 aliphatic rings. The van der Waals surface area contributed by atoms with Crippen LogP contribution < -0.4 is 5.32 Å². The van der Waals surface area contributed by atoms with Gasteiger partial charge in [-0.15, -0.1) is 0 Å². The van der Waals surface area contributed by atoms with Gasteiger partial charge in [0.2, 0.25) is 0 Å². The maximum absolute atomic E-state index is 5.77. The molecule has 1 rings (SSSR count). The van der Waals surface area contributed by atoms with Crippen molar-refractivity contribution >= 4 is 27.3 Å². The van der Waals surface area contributed by atoms with Gasteiger partial charge >= 0.3 is 0 Å². The summed E-state index contributed by atoms with van der Waals surface area (Å²) >= 11 is 5.36. The molecule has 0 radical (unpaired) electrons.